The molecule has 0 saturated carbocycles. The lowest BCUT2D eigenvalue weighted by molar-refractivity contribution is 0.754. The maximum absolute atomic E-state index is 9.86. The van der Waals surface area contributed by atoms with Crippen LogP contribution in [0, 0.1) is 22.7 Å². The van der Waals surface area contributed by atoms with Gasteiger partial charge in [0.25, 0.3) is 0 Å². The minimum atomic E-state index is -0.492. The number of benzene rings is 2. The van der Waals surface area contributed by atoms with E-state index in [0.717, 1.165) is 61.3 Å². The van der Waals surface area contributed by atoms with Crippen molar-refractivity contribution in [2.45, 2.75) is 51.4 Å². The van der Waals surface area contributed by atoms with Gasteiger partial charge in [-0.05, 0) is 48.2 Å². The molecule has 0 saturated heterocycles. The molecule has 0 aliphatic rings. The van der Waals surface area contributed by atoms with Gasteiger partial charge in [0.1, 0.15) is 0 Å². The zero-order valence-corrected chi connectivity index (χ0v) is 18.8. The number of rotatable bonds is 11. The number of anilines is 2. The molecule has 2 unspecified atom stereocenters. The van der Waals surface area contributed by atoms with E-state index >= 15 is 0 Å². The molecule has 4 heteroatoms. The lowest BCUT2D eigenvalue weighted by Gasteiger charge is -2.22. The summed E-state index contributed by atoms with van der Waals surface area (Å²) in [6.07, 6.45) is 4.63. The van der Waals surface area contributed by atoms with Crippen molar-refractivity contribution in [2.24, 2.45) is 0 Å². The lowest BCUT2D eigenvalue weighted by Crippen LogP contribution is -2.18. The van der Waals surface area contributed by atoms with Crippen molar-refractivity contribution in [2.75, 3.05) is 37.0 Å². The highest BCUT2D eigenvalue weighted by Crippen LogP contribution is 2.34. The van der Waals surface area contributed by atoms with Crippen LogP contribution in [-0.4, -0.2) is 27.2 Å². The van der Waals surface area contributed by atoms with Gasteiger partial charge in [-0.2, -0.15) is 10.5 Å². The quantitative estimate of drug-likeness (QED) is 0.457. The summed E-state index contributed by atoms with van der Waals surface area (Å²) in [6.45, 7) is 6.40. The Bertz CT molecular complexity index is 769. The fourth-order valence-corrected chi connectivity index (χ4v) is 3.60. The van der Waals surface area contributed by atoms with Gasteiger partial charge in [-0.3, -0.25) is 0 Å². The fraction of sp³-hybridized carbons (Fsp3) is 0.462. The standard InChI is InChI=1S/C26H34N4/c1-5-7-17-29(3)23-13-9-21(10-14-23)25(19-27)26(20-28)22-11-15-24(16-12-22)30(4)18-8-6-2/h9-16,25-26H,5-8,17-18H2,1-4H3. The van der Waals surface area contributed by atoms with Crippen LogP contribution in [0.25, 0.3) is 0 Å². The number of hydrogen-bond acceptors (Lipinski definition) is 4. The van der Waals surface area contributed by atoms with Crippen molar-refractivity contribution in [3.8, 4) is 12.1 Å². The highest BCUT2D eigenvalue weighted by molar-refractivity contribution is 5.51. The van der Waals surface area contributed by atoms with Crippen LogP contribution in [0.5, 0.6) is 0 Å². The zero-order valence-electron chi connectivity index (χ0n) is 18.8. The van der Waals surface area contributed by atoms with E-state index in [2.05, 4.69) is 74.1 Å². The van der Waals surface area contributed by atoms with Gasteiger partial charge in [-0.1, -0.05) is 51.0 Å². The van der Waals surface area contributed by atoms with E-state index in [1.54, 1.807) is 0 Å². The molecule has 0 aromatic heterocycles. The molecule has 2 aromatic carbocycles. The topological polar surface area (TPSA) is 54.1 Å². The van der Waals surface area contributed by atoms with Crippen LogP contribution in [0.2, 0.25) is 0 Å². The van der Waals surface area contributed by atoms with Gasteiger partial charge in [0.05, 0.1) is 24.0 Å². The minimum Gasteiger partial charge on any atom is -0.375 e. The third kappa shape index (κ3) is 6.01. The van der Waals surface area contributed by atoms with Crippen LogP contribution < -0.4 is 9.80 Å². The summed E-state index contributed by atoms with van der Waals surface area (Å²) in [7, 11) is 4.17. The number of nitrogens with zero attached hydrogens (tertiary/aromatic N) is 4. The molecule has 0 aliphatic heterocycles. The van der Waals surface area contributed by atoms with Crippen LogP contribution >= 0.6 is 0 Å². The first-order chi connectivity index (χ1) is 14.5. The van der Waals surface area contributed by atoms with Crippen LogP contribution in [0.1, 0.15) is 62.5 Å². The molecule has 0 fully saturated rings. The minimum absolute atomic E-state index is 0.492. The first-order valence-electron chi connectivity index (χ1n) is 11.0. The summed E-state index contributed by atoms with van der Waals surface area (Å²) in [4.78, 5) is 4.45. The Morgan fingerprint density at radius 2 is 1.00 bits per heavy atom. The Kier molecular flexibility index (Phi) is 9.23. The molecule has 158 valence electrons. The Morgan fingerprint density at radius 1 is 0.667 bits per heavy atom. The van der Waals surface area contributed by atoms with Gasteiger partial charge in [0.15, 0.2) is 0 Å². The van der Waals surface area contributed by atoms with Crippen molar-refractivity contribution < 1.29 is 0 Å². The van der Waals surface area contributed by atoms with E-state index < -0.39 is 11.8 Å². The zero-order chi connectivity index (χ0) is 21.9. The second-order valence-corrected chi connectivity index (χ2v) is 7.95. The first kappa shape index (κ1) is 23.3. The molecule has 0 radical (unpaired) electrons. The molecular formula is C26H34N4. The summed E-state index contributed by atoms with van der Waals surface area (Å²) in [5.74, 6) is -0.984. The molecule has 0 aliphatic carbocycles. The summed E-state index contributed by atoms with van der Waals surface area (Å²) >= 11 is 0. The third-order valence-electron chi connectivity index (χ3n) is 5.69. The van der Waals surface area contributed by atoms with Gasteiger partial charge in [-0.15, -0.1) is 0 Å². The van der Waals surface area contributed by atoms with E-state index in [9.17, 15) is 10.5 Å². The highest BCUT2D eigenvalue weighted by Gasteiger charge is 2.25. The Labute approximate surface area is 182 Å². The molecule has 30 heavy (non-hydrogen) atoms. The number of nitriles is 2. The van der Waals surface area contributed by atoms with E-state index in [0.29, 0.717) is 0 Å². The Balaban J connectivity index is 2.18. The molecule has 2 rings (SSSR count). The molecule has 0 N–H and O–H groups in total. The third-order valence-corrected chi connectivity index (χ3v) is 5.69. The summed E-state index contributed by atoms with van der Waals surface area (Å²) < 4.78 is 0. The predicted octanol–water partition coefficient (Wildman–Crippen LogP) is 6.07. The predicted molar refractivity (Wildman–Crippen MR) is 126 cm³/mol. The second-order valence-electron chi connectivity index (χ2n) is 7.95. The van der Waals surface area contributed by atoms with E-state index in [1.165, 1.54) is 0 Å². The van der Waals surface area contributed by atoms with Gasteiger partial charge in [-0.25, -0.2) is 0 Å². The van der Waals surface area contributed by atoms with Gasteiger partial charge < -0.3 is 9.80 Å². The van der Waals surface area contributed by atoms with E-state index in [4.69, 9.17) is 0 Å². The molecule has 0 bridgehead atoms. The van der Waals surface area contributed by atoms with Crippen molar-refractivity contribution in [3.63, 3.8) is 0 Å². The van der Waals surface area contributed by atoms with Crippen LogP contribution in [0.4, 0.5) is 11.4 Å². The van der Waals surface area contributed by atoms with Gasteiger partial charge >= 0.3 is 0 Å². The SMILES string of the molecule is CCCCN(C)c1ccc(C(C#N)C(C#N)c2ccc(N(C)CCCC)cc2)cc1. The Hall–Kier alpha value is -2.98. The summed E-state index contributed by atoms with van der Waals surface area (Å²) in [5.41, 5.74) is 4.05. The molecule has 0 amide bonds. The van der Waals surface area contributed by atoms with Gasteiger partial charge in [0, 0.05) is 38.6 Å². The Morgan fingerprint density at radius 3 is 1.27 bits per heavy atom. The average molecular weight is 403 g/mol. The first-order valence-corrected chi connectivity index (χ1v) is 11.0. The second kappa shape index (κ2) is 11.9. The summed E-state index contributed by atoms with van der Waals surface area (Å²) in [6, 6.07) is 20.9. The van der Waals surface area contributed by atoms with E-state index in [-0.39, 0.29) is 0 Å². The average Bonchev–Trinajstić information content (AvgIpc) is 2.79. The van der Waals surface area contributed by atoms with Gasteiger partial charge in [0.2, 0.25) is 0 Å². The maximum Gasteiger partial charge on any atom is 0.0912 e. The molecular weight excluding hydrogens is 368 g/mol. The van der Waals surface area contributed by atoms with Crippen molar-refractivity contribution in [1.82, 2.24) is 0 Å². The fourth-order valence-electron chi connectivity index (χ4n) is 3.60. The molecule has 0 heterocycles. The van der Waals surface area contributed by atoms with E-state index in [1.807, 2.05) is 24.3 Å². The normalized spacial score (nSPS) is 12.5. The van der Waals surface area contributed by atoms with Crippen LogP contribution in [0.15, 0.2) is 48.5 Å². The van der Waals surface area contributed by atoms with Crippen molar-refractivity contribution in [1.29, 1.82) is 10.5 Å². The largest absolute Gasteiger partial charge is 0.375 e. The maximum atomic E-state index is 9.86. The van der Waals surface area contributed by atoms with Crippen molar-refractivity contribution >= 4 is 11.4 Å². The summed E-state index contributed by atoms with van der Waals surface area (Å²) in [5, 5.41) is 19.7. The molecule has 2 aromatic rings. The molecule has 0 spiro atoms. The molecule has 2 atom stereocenters. The smallest absolute Gasteiger partial charge is 0.0912 e. The number of hydrogen-bond donors (Lipinski definition) is 0. The number of unbranched alkanes of at least 4 members (excludes halogenated alkanes) is 2. The highest BCUT2D eigenvalue weighted by atomic mass is 15.1. The monoisotopic (exact) mass is 402 g/mol. The van der Waals surface area contributed by atoms with Crippen molar-refractivity contribution in [3.05, 3.63) is 59.7 Å². The van der Waals surface area contributed by atoms with Crippen LogP contribution in [0.3, 0.4) is 0 Å². The lowest BCUT2D eigenvalue weighted by atomic mass is 9.83. The molecule has 4 nitrogen and oxygen atoms in total. The van der Waals surface area contributed by atoms with Crippen LogP contribution in [-0.2, 0) is 0 Å².